The van der Waals surface area contributed by atoms with E-state index in [2.05, 4.69) is 0 Å². The van der Waals surface area contributed by atoms with E-state index in [4.69, 9.17) is 10.5 Å². The number of likely N-dealkylation sites (N-methyl/N-ethyl adjacent to an activating group) is 1. The van der Waals surface area contributed by atoms with E-state index < -0.39 is 15.9 Å². The summed E-state index contributed by atoms with van der Waals surface area (Å²) in [5.74, 6) is -0.402. The van der Waals surface area contributed by atoms with E-state index in [9.17, 15) is 13.2 Å². The van der Waals surface area contributed by atoms with E-state index >= 15 is 0 Å². The first-order valence-corrected chi connectivity index (χ1v) is 7.97. The van der Waals surface area contributed by atoms with Crippen molar-refractivity contribution in [3.8, 4) is 0 Å². The van der Waals surface area contributed by atoms with Gasteiger partial charge < -0.3 is 10.5 Å². The zero-order valence-corrected chi connectivity index (χ0v) is 11.9. The molecule has 0 aromatic heterocycles. The fourth-order valence-electron chi connectivity index (χ4n) is 2.29. The second-order valence-corrected chi connectivity index (χ2v) is 7.47. The van der Waals surface area contributed by atoms with Crippen LogP contribution in [0.15, 0.2) is 0 Å². The zero-order chi connectivity index (χ0) is 14.0. The molecule has 110 valence electrons. The number of nitrogens with zero attached hydrogens (tertiary/aromatic N) is 2. The van der Waals surface area contributed by atoms with E-state index in [0.717, 1.165) is 12.8 Å². The van der Waals surface area contributed by atoms with Crippen LogP contribution in [0.5, 0.6) is 0 Å². The van der Waals surface area contributed by atoms with Crippen LogP contribution in [-0.4, -0.2) is 74.7 Å². The van der Waals surface area contributed by atoms with E-state index in [-0.39, 0.29) is 17.9 Å². The van der Waals surface area contributed by atoms with Gasteiger partial charge in [-0.2, -0.15) is 4.31 Å². The number of rotatable bonds is 6. The number of carbonyl (C=O) groups excluding carboxylic acids is 1. The van der Waals surface area contributed by atoms with Crippen LogP contribution < -0.4 is 5.73 Å². The van der Waals surface area contributed by atoms with Gasteiger partial charge in [-0.15, -0.1) is 0 Å². The van der Waals surface area contributed by atoms with Crippen molar-refractivity contribution in [1.82, 2.24) is 9.21 Å². The maximum atomic E-state index is 12.1. The number of amides is 1. The largest absolute Gasteiger partial charge is 0.374 e. The molecule has 1 atom stereocenters. The normalized spacial score (nSPS) is 25.7. The minimum atomic E-state index is -3.14. The SMILES string of the molecule is CN(CC(N)=O)C[C@@H]1CN(S(=O)(=O)C2CC2)CCO1. The van der Waals surface area contributed by atoms with Gasteiger partial charge in [-0.3, -0.25) is 9.69 Å². The molecule has 1 saturated heterocycles. The van der Waals surface area contributed by atoms with Crippen LogP contribution >= 0.6 is 0 Å². The van der Waals surface area contributed by atoms with Gasteiger partial charge in [0.1, 0.15) is 0 Å². The highest BCUT2D eigenvalue weighted by molar-refractivity contribution is 7.90. The number of carbonyl (C=O) groups is 1. The second-order valence-electron chi connectivity index (χ2n) is 5.26. The lowest BCUT2D eigenvalue weighted by molar-refractivity contribution is -0.119. The molecule has 0 radical (unpaired) electrons. The highest BCUT2D eigenvalue weighted by Crippen LogP contribution is 2.31. The summed E-state index contributed by atoms with van der Waals surface area (Å²) < 4.78 is 31.4. The summed E-state index contributed by atoms with van der Waals surface area (Å²) in [4.78, 5) is 12.6. The van der Waals surface area contributed by atoms with Crippen molar-refractivity contribution < 1.29 is 17.9 Å². The van der Waals surface area contributed by atoms with Crippen molar-refractivity contribution in [2.75, 3.05) is 39.8 Å². The second kappa shape index (κ2) is 5.74. The van der Waals surface area contributed by atoms with Gasteiger partial charge in [0.25, 0.3) is 0 Å². The number of morpholine rings is 1. The molecule has 0 unspecified atom stereocenters. The van der Waals surface area contributed by atoms with Crippen molar-refractivity contribution >= 4 is 15.9 Å². The Hall–Kier alpha value is -0.700. The predicted molar refractivity (Wildman–Crippen MR) is 69.9 cm³/mol. The number of nitrogens with two attached hydrogens (primary N) is 1. The Balaban J connectivity index is 1.88. The standard InChI is InChI=1S/C11H21N3O4S/c1-13(8-11(12)15)6-9-7-14(4-5-18-9)19(16,17)10-2-3-10/h9-10H,2-8H2,1H3,(H2,12,15)/t9-/m1/s1. The molecule has 1 aliphatic carbocycles. The average Bonchev–Trinajstić information content (AvgIpc) is 3.11. The maximum absolute atomic E-state index is 12.1. The van der Waals surface area contributed by atoms with Crippen LogP contribution in [0.2, 0.25) is 0 Å². The third kappa shape index (κ3) is 3.88. The quantitative estimate of drug-likeness (QED) is 0.649. The topological polar surface area (TPSA) is 92.9 Å². The third-order valence-corrected chi connectivity index (χ3v) is 5.71. The van der Waals surface area contributed by atoms with Gasteiger partial charge in [-0.25, -0.2) is 8.42 Å². The number of hydrogen-bond acceptors (Lipinski definition) is 5. The van der Waals surface area contributed by atoms with Gasteiger partial charge in [0.2, 0.25) is 15.9 Å². The molecule has 2 rings (SSSR count). The molecule has 1 saturated carbocycles. The number of hydrogen-bond donors (Lipinski definition) is 1. The molecule has 1 amide bonds. The lowest BCUT2D eigenvalue weighted by atomic mass is 10.3. The lowest BCUT2D eigenvalue weighted by Gasteiger charge is -2.34. The number of primary amides is 1. The summed E-state index contributed by atoms with van der Waals surface area (Å²) in [5.41, 5.74) is 5.12. The Morgan fingerprint density at radius 1 is 1.47 bits per heavy atom. The van der Waals surface area contributed by atoms with Crippen LogP contribution in [0.3, 0.4) is 0 Å². The summed E-state index contributed by atoms with van der Waals surface area (Å²) in [5, 5.41) is -0.186. The fourth-order valence-corrected chi connectivity index (χ4v) is 4.15. The highest BCUT2D eigenvalue weighted by atomic mass is 32.2. The first-order chi connectivity index (χ1) is 8.89. The maximum Gasteiger partial charge on any atom is 0.231 e. The number of sulfonamides is 1. The van der Waals surface area contributed by atoms with Crippen molar-refractivity contribution in [3.63, 3.8) is 0 Å². The molecule has 2 N–H and O–H groups in total. The van der Waals surface area contributed by atoms with Crippen LogP contribution in [0, 0.1) is 0 Å². The molecule has 1 heterocycles. The van der Waals surface area contributed by atoms with E-state index in [1.54, 1.807) is 11.9 Å². The summed E-state index contributed by atoms with van der Waals surface area (Å²) in [7, 11) is -1.37. The Kier molecular flexibility index (Phi) is 4.44. The first kappa shape index (κ1) is 14.7. The van der Waals surface area contributed by atoms with Gasteiger partial charge in [0, 0.05) is 19.6 Å². The van der Waals surface area contributed by atoms with E-state index in [0.29, 0.717) is 26.2 Å². The van der Waals surface area contributed by atoms with Crippen LogP contribution in [0.25, 0.3) is 0 Å². The predicted octanol–water partition coefficient (Wildman–Crippen LogP) is -1.40. The molecule has 2 fully saturated rings. The van der Waals surface area contributed by atoms with Crippen LogP contribution in [-0.2, 0) is 19.6 Å². The molecule has 8 heteroatoms. The van der Waals surface area contributed by atoms with Crippen LogP contribution in [0.4, 0.5) is 0 Å². The highest BCUT2D eigenvalue weighted by Gasteiger charge is 2.41. The fraction of sp³-hybridized carbons (Fsp3) is 0.909. The summed E-state index contributed by atoms with van der Waals surface area (Å²) in [6.07, 6.45) is 1.34. The van der Waals surface area contributed by atoms with Crippen molar-refractivity contribution in [2.45, 2.75) is 24.2 Å². The molecule has 1 aliphatic heterocycles. The van der Waals surface area contributed by atoms with Crippen molar-refractivity contribution in [2.24, 2.45) is 5.73 Å². The van der Waals surface area contributed by atoms with E-state index in [1.807, 2.05) is 0 Å². The zero-order valence-electron chi connectivity index (χ0n) is 11.1. The van der Waals surface area contributed by atoms with Crippen molar-refractivity contribution in [3.05, 3.63) is 0 Å². The molecular weight excluding hydrogens is 270 g/mol. The minimum absolute atomic E-state index is 0.148. The molecule has 19 heavy (non-hydrogen) atoms. The Bertz CT molecular complexity index is 435. The van der Waals surface area contributed by atoms with E-state index in [1.165, 1.54) is 4.31 Å². The molecular formula is C11H21N3O4S. The molecule has 0 bridgehead atoms. The molecule has 2 aliphatic rings. The molecule has 0 aromatic carbocycles. The Labute approximate surface area is 113 Å². The average molecular weight is 291 g/mol. The summed E-state index contributed by atoms with van der Waals surface area (Å²) >= 11 is 0. The van der Waals surface area contributed by atoms with Gasteiger partial charge in [0.15, 0.2) is 0 Å². The molecule has 0 spiro atoms. The molecule has 7 nitrogen and oxygen atoms in total. The van der Waals surface area contributed by atoms with Crippen LogP contribution in [0.1, 0.15) is 12.8 Å². The van der Waals surface area contributed by atoms with Gasteiger partial charge in [-0.1, -0.05) is 0 Å². The van der Waals surface area contributed by atoms with Gasteiger partial charge in [0.05, 0.1) is 24.5 Å². The minimum Gasteiger partial charge on any atom is -0.374 e. The lowest BCUT2D eigenvalue weighted by Crippen LogP contribution is -2.50. The Morgan fingerprint density at radius 3 is 2.74 bits per heavy atom. The monoisotopic (exact) mass is 291 g/mol. The third-order valence-electron chi connectivity index (χ3n) is 3.35. The molecule has 0 aromatic rings. The van der Waals surface area contributed by atoms with Gasteiger partial charge in [-0.05, 0) is 19.9 Å². The first-order valence-electron chi connectivity index (χ1n) is 6.47. The van der Waals surface area contributed by atoms with Gasteiger partial charge >= 0.3 is 0 Å². The van der Waals surface area contributed by atoms with Crippen molar-refractivity contribution in [1.29, 1.82) is 0 Å². The Morgan fingerprint density at radius 2 is 2.16 bits per heavy atom. The summed E-state index contributed by atoms with van der Waals surface area (Å²) in [6, 6.07) is 0. The smallest absolute Gasteiger partial charge is 0.231 e. The number of ether oxygens (including phenoxy) is 1. The summed E-state index contributed by atoms with van der Waals surface area (Å²) in [6.45, 7) is 1.84.